The summed E-state index contributed by atoms with van der Waals surface area (Å²) in [5.74, 6) is 0.00862. The minimum Gasteiger partial charge on any atom is -0.325 e. The van der Waals surface area contributed by atoms with Gasteiger partial charge in [0, 0.05) is 5.69 Å². The number of amides is 1. The molecule has 0 aliphatic carbocycles. The van der Waals surface area contributed by atoms with Crippen LogP contribution in [0, 0.1) is 20.8 Å². The van der Waals surface area contributed by atoms with E-state index < -0.39 is 0 Å². The number of thiazole rings is 1. The molecule has 124 valence electrons. The Kier molecular flexibility index (Phi) is 4.92. The summed E-state index contributed by atoms with van der Waals surface area (Å²) in [5, 5.41) is 2.87. The summed E-state index contributed by atoms with van der Waals surface area (Å²) in [5.41, 5.74) is 5.31. The van der Waals surface area contributed by atoms with Gasteiger partial charge in [-0.2, -0.15) is 0 Å². The van der Waals surface area contributed by atoms with E-state index in [4.69, 9.17) is 0 Å². The minimum atomic E-state index is -0.203. The number of nitrogens with zero attached hydrogens (tertiary/aromatic N) is 1. The molecule has 0 aliphatic rings. The van der Waals surface area contributed by atoms with Gasteiger partial charge >= 0.3 is 0 Å². The summed E-state index contributed by atoms with van der Waals surface area (Å²) >= 11 is 3.14. The monoisotopic (exact) mass is 356 g/mol. The summed E-state index contributed by atoms with van der Waals surface area (Å²) in [6.45, 7) is 8.05. The number of carbonyl (C=O) groups is 1. The van der Waals surface area contributed by atoms with Crippen molar-refractivity contribution in [3.8, 4) is 0 Å². The normalized spacial score (nSPS) is 12.3. The van der Waals surface area contributed by atoms with Crippen LogP contribution >= 0.6 is 23.1 Å². The Hall–Kier alpha value is -1.85. The third-order valence-corrected chi connectivity index (χ3v) is 6.08. The second-order valence-corrected chi connectivity index (χ2v) is 8.59. The van der Waals surface area contributed by atoms with Crippen molar-refractivity contribution >= 4 is 44.9 Å². The summed E-state index contributed by atoms with van der Waals surface area (Å²) < 4.78 is 2.08. The molecule has 1 heterocycles. The molecule has 2 aromatic carbocycles. The molecule has 0 fully saturated rings. The van der Waals surface area contributed by atoms with E-state index in [1.165, 1.54) is 17.3 Å². The molecule has 0 radical (unpaired) electrons. The smallest absolute Gasteiger partial charge is 0.237 e. The number of aromatic nitrogens is 1. The van der Waals surface area contributed by atoms with Crippen molar-refractivity contribution in [1.82, 2.24) is 4.98 Å². The van der Waals surface area contributed by atoms with E-state index in [0.29, 0.717) is 0 Å². The van der Waals surface area contributed by atoms with Gasteiger partial charge in [0.25, 0.3) is 0 Å². The van der Waals surface area contributed by atoms with Crippen molar-refractivity contribution in [2.45, 2.75) is 37.3 Å². The zero-order valence-electron chi connectivity index (χ0n) is 14.2. The van der Waals surface area contributed by atoms with E-state index in [0.717, 1.165) is 31.4 Å². The summed E-state index contributed by atoms with van der Waals surface area (Å²) in [6.07, 6.45) is 0. The molecule has 1 aromatic heterocycles. The van der Waals surface area contributed by atoms with Crippen molar-refractivity contribution in [3.63, 3.8) is 0 Å². The molecule has 24 heavy (non-hydrogen) atoms. The largest absolute Gasteiger partial charge is 0.325 e. The first-order valence-corrected chi connectivity index (χ1v) is 9.54. The number of anilines is 1. The number of hydrogen-bond acceptors (Lipinski definition) is 4. The Morgan fingerprint density at radius 3 is 2.50 bits per heavy atom. The van der Waals surface area contributed by atoms with Crippen molar-refractivity contribution in [2.75, 3.05) is 5.32 Å². The molecule has 0 saturated heterocycles. The first-order valence-electron chi connectivity index (χ1n) is 7.85. The van der Waals surface area contributed by atoms with Crippen LogP contribution in [0.5, 0.6) is 0 Å². The van der Waals surface area contributed by atoms with Crippen molar-refractivity contribution < 1.29 is 4.79 Å². The van der Waals surface area contributed by atoms with Crippen molar-refractivity contribution in [3.05, 3.63) is 53.1 Å². The Bertz CT molecular complexity index is 845. The summed E-state index contributed by atoms with van der Waals surface area (Å²) in [6, 6.07) is 12.2. The predicted octanol–water partition coefficient (Wildman–Crippen LogP) is 5.34. The minimum absolute atomic E-state index is 0.00862. The van der Waals surface area contributed by atoms with E-state index in [-0.39, 0.29) is 11.2 Å². The predicted molar refractivity (Wildman–Crippen MR) is 104 cm³/mol. The molecule has 3 nitrogen and oxygen atoms in total. The third-order valence-electron chi connectivity index (χ3n) is 3.85. The molecule has 1 amide bonds. The van der Waals surface area contributed by atoms with Gasteiger partial charge in [0.2, 0.25) is 5.91 Å². The standard InChI is InChI=1S/C19H20N2OS2/c1-11-9-12(2)17(13(3)10-11)21-18(22)14(4)23-19-20-15-7-5-6-8-16(15)24-19/h5-10,14H,1-4H3,(H,21,22)/t14-/m0/s1. The number of rotatable bonds is 4. The molecule has 0 spiro atoms. The Balaban J connectivity index is 1.73. The molecule has 3 rings (SSSR count). The van der Waals surface area contributed by atoms with Gasteiger partial charge in [0.15, 0.2) is 4.34 Å². The van der Waals surface area contributed by atoms with Crippen molar-refractivity contribution in [1.29, 1.82) is 0 Å². The first kappa shape index (κ1) is 17.0. The second-order valence-electron chi connectivity index (χ2n) is 5.97. The number of nitrogens with one attached hydrogen (secondary N) is 1. The molecule has 0 unspecified atom stereocenters. The van der Waals surface area contributed by atoms with Gasteiger partial charge in [-0.05, 0) is 51.0 Å². The SMILES string of the molecule is Cc1cc(C)c(NC(=O)[C@H](C)Sc2nc3ccccc3s2)c(C)c1. The van der Waals surface area contributed by atoms with Crippen LogP contribution < -0.4 is 5.32 Å². The topological polar surface area (TPSA) is 42.0 Å². The van der Waals surface area contributed by atoms with E-state index in [2.05, 4.69) is 35.4 Å². The van der Waals surface area contributed by atoms with Crippen LogP contribution in [-0.2, 0) is 4.79 Å². The number of para-hydroxylation sites is 1. The van der Waals surface area contributed by atoms with E-state index in [1.807, 2.05) is 39.0 Å². The molecule has 3 aromatic rings. The molecule has 1 N–H and O–H groups in total. The van der Waals surface area contributed by atoms with E-state index >= 15 is 0 Å². The fourth-order valence-corrected chi connectivity index (χ4v) is 4.92. The van der Waals surface area contributed by atoms with Crippen molar-refractivity contribution in [2.24, 2.45) is 0 Å². The average molecular weight is 357 g/mol. The lowest BCUT2D eigenvalue weighted by Crippen LogP contribution is -2.23. The molecule has 0 aliphatic heterocycles. The number of benzene rings is 2. The zero-order valence-corrected chi connectivity index (χ0v) is 15.8. The maximum Gasteiger partial charge on any atom is 0.237 e. The van der Waals surface area contributed by atoms with Crippen LogP contribution in [0.3, 0.4) is 0 Å². The van der Waals surface area contributed by atoms with Crippen LogP contribution in [0.4, 0.5) is 5.69 Å². The quantitative estimate of drug-likeness (QED) is 0.642. The van der Waals surface area contributed by atoms with Gasteiger partial charge in [-0.3, -0.25) is 4.79 Å². The highest BCUT2D eigenvalue weighted by Gasteiger charge is 2.18. The summed E-state index contributed by atoms with van der Waals surface area (Å²) in [4.78, 5) is 17.2. The molecule has 0 saturated carbocycles. The van der Waals surface area contributed by atoms with Crippen LogP contribution in [-0.4, -0.2) is 16.1 Å². The Morgan fingerprint density at radius 1 is 1.17 bits per heavy atom. The number of hydrogen-bond donors (Lipinski definition) is 1. The molecule has 1 atom stereocenters. The zero-order chi connectivity index (χ0) is 17.3. The lowest BCUT2D eigenvalue weighted by Gasteiger charge is -2.15. The Labute approximate surface area is 150 Å². The van der Waals surface area contributed by atoms with Crippen LogP contribution in [0.25, 0.3) is 10.2 Å². The number of fused-ring (bicyclic) bond motifs is 1. The van der Waals surface area contributed by atoms with Gasteiger partial charge in [-0.25, -0.2) is 4.98 Å². The Morgan fingerprint density at radius 2 is 1.83 bits per heavy atom. The highest BCUT2D eigenvalue weighted by Crippen LogP contribution is 2.32. The average Bonchev–Trinajstić information content (AvgIpc) is 2.92. The van der Waals surface area contributed by atoms with E-state index in [1.54, 1.807) is 11.3 Å². The lowest BCUT2D eigenvalue weighted by molar-refractivity contribution is -0.115. The van der Waals surface area contributed by atoms with Gasteiger partial charge in [0.05, 0.1) is 15.5 Å². The highest BCUT2D eigenvalue weighted by molar-refractivity contribution is 8.02. The number of carbonyl (C=O) groups excluding carboxylic acids is 1. The van der Waals surface area contributed by atoms with E-state index in [9.17, 15) is 4.79 Å². The van der Waals surface area contributed by atoms with Gasteiger partial charge in [0.1, 0.15) is 0 Å². The third kappa shape index (κ3) is 3.62. The number of aryl methyl sites for hydroxylation is 3. The molecular weight excluding hydrogens is 336 g/mol. The second kappa shape index (κ2) is 6.95. The number of thioether (sulfide) groups is 1. The van der Waals surface area contributed by atoms with Gasteiger partial charge in [-0.15, -0.1) is 11.3 Å². The maximum atomic E-state index is 12.6. The van der Waals surface area contributed by atoms with Crippen LogP contribution in [0.2, 0.25) is 0 Å². The fourth-order valence-electron chi connectivity index (χ4n) is 2.71. The molecular formula is C19H20N2OS2. The highest BCUT2D eigenvalue weighted by atomic mass is 32.2. The van der Waals surface area contributed by atoms with Crippen LogP contribution in [0.1, 0.15) is 23.6 Å². The fraction of sp³-hybridized carbons (Fsp3) is 0.263. The molecule has 0 bridgehead atoms. The molecule has 5 heteroatoms. The van der Waals surface area contributed by atoms with Gasteiger partial charge in [-0.1, -0.05) is 41.6 Å². The maximum absolute atomic E-state index is 12.6. The lowest BCUT2D eigenvalue weighted by atomic mass is 10.1. The van der Waals surface area contributed by atoms with Gasteiger partial charge < -0.3 is 5.32 Å². The summed E-state index contributed by atoms with van der Waals surface area (Å²) in [7, 11) is 0. The van der Waals surface area contributed by atoms with Crippen LogP contribution in [0.15, 0.2) is 40.7 Å². The first-order chi connectivity index (χ1) is 11.4.